The highest BCUT2D eigenvalue weighted by Gasteiger charge is 2.53. The van der Waals surface area contributed by atoms with E-state index < -0.39 is 77.8 Å². The fraction of sp³-hybridized carbons (Fsp3) is 0.776. The van der Waals surface area contributed by atoms with Crippen LogP contribution < -0.4 is 0 Å². The van der Waals surface area contributed by atoms with Crippen molar-refractivity contribution in [3.05, 3.63) is 47.6 Å². The van der Waals surface area contributed by atoms with Crippen molar-refractivity contribution >= 4 is 29.2 Å². The number of hydrogen-bond acceptors (Lipinski definition) is 16. The van der Waals surface area contributed by atoms with Gasteiger partial charge in [-0.1, -0.05) is 71.1 Å². The zero-order valence-corrected chi connectivity index (χ0v) is 46.8. The van der Waals surface area contributed by atoms with Crippen LogP contribution in [0.2, 0.25) is 0 Å². The summed E-state index contributed by atoms with van der Waals surface area (Å²) in [6.07, 6.45) is 11.6. The fourth-order valence-corrected chi connectivity index (χ4v) is 11.0. The number of fused-ring (bicyclic) bond motifs is 3. The number of nitrogens with zero attached hydrogens (tertiary/aromatic N) is 1. The Balaban J connectivity index is 1.70. The molecule has 0 unspecified atom stereocenters. The van der Waals surface area contributed by atoms with Gasteiger partial charge in [-0.05, 0) is 114 Å². The summed E-state index contributed by atoms with van der Waals surface area (Å²) < 4.78 is 47.4. The van der Waals surface area contributed by atoms with Gasteiger partial charge in [0.05, 0.1) is 64.1 Å². The average molecular weight is 1060 g/mol. The summed E-state index contributed by atoms with van der Waals surface area (Å²) in [5.74, 6) is -8.19. The van der Waals surface area contributed by atoms with E-state index in [0.717, 1.165) is 12.0 Å². The van der Waals surface area contributed by atoms with Crippen LogP contribution in [0.3, 0.4) is 0 Å². The largest absolute Gasteiger partial charge is 0.460 e. The second-order valence-electron chi connectivity index (χ2n) is 21.6. The van der Waals surface area contributed by atoms with Gasteiger partial charge >= 0.3 is 5.97 Å². The summed E-state index contributed by atoms with van der Waals surface area (Å²) in [4.78, 5) is 72.9. The van der Waals surface area contributed by atoms with Gasteiger partial charge in [-0.25, -0.2) is 4.79 Å². The minimum Gasteiger partial charge on any atom is -0.460 e. The molecule has 17 heteroatoms. The summed E-state index contributed by atoms with van der Waals surface area (Å²) in [5, 5.41) is 33.1. The molecule has 4 aliphatic rings. The molecule has 3 N–H and O–H groups in total. The first-order valence-corrected chi connectivity index (χ1v) is 27.7. The second kappa shape index (κ2) is 32.4. The van der Waals surface area contributed by atoms with Crippen LogP contribution in [0.25, 0.3) is 0 Å². The van der Waals surface area contributed by atoms with Crippen molar-refractivity contribution in [2.45, 2.75) is 187 Å². The van der Waals surface area contributed by atoms with Crippen molar-refractivity contribution in [1.29, 1.82) is 0 Å². The molecular formula is C58H93NO16. The molecule has 17 nitrogen and oxygen atoms in total. The molecule has 0 aromatic rings. The monoisotopic (exact) mass is 1060 g/mol. The first-order chi connectivity index (χ1) is 35.8. The number of ketones is 3. The number of ether oxygens (including phenoxy) is 8. The highest BCUT2D eigenvalue weighted by atomic mass is 16.6. The molecule has 426 valence electrons. The summed E-state index contributed by atoms with van der Waals surface area (Å²) >= 11 is 0. The van der Waals surface area contributed by atoms with Crippen LogP contribution in [-0.4, -0.2) is 171 Å². The maximum absolute atomic E-state index is 14.6. The quantitative estimate of drug-likeness (QED) is 0.0639. The molecule has 3 aliphatic heterocycles. The van der Waals surface area contributed by atoms with Gasteiger partial charge in [0.1, 0.15) is 30.1 Å². The predicted octanol–water partition coefficient (Wildman–Crippen LogP) is 6.62. The lowest BCUT2D eigenvalue weighted by molar-refractivity contribution is -0.266. The van der Waals surface area contributed by atoms with Gasteiger partial charge in [-0.3, -0.25) is 19.2 Å². The highest BCUT2D eigenvalue weighted by molar-refractivity contribution is 6.39. The molecule has 3 fully saturated rings. The number of aliphatic hydroxyl groups is 3. The molecule has 4 rings (SSSR count). The van der Waals surface area contributed by atoms with Gasteiger partial charge < -0.3 is 58.1 Å². The number of piperidine rings is 1. The molecule has 2 saturated heterocycles. The average Bonchev–Trinajstić information content (AvgIpc) is 3.39. The SMILES string of the molecule is CCOCCOCCO[C@H]1C[C@@H]2CC[C@@H](C)[C@@](O)(O2)C(=O)C(=O)N2CCCC[C@H]2C(=O)O[C@H]([C@H](C)C[C@@H]2CC[C@@H](OCCO)[C@H](OC)C2)CC(=O)[C@H](C)/C=C(\C)[C@@H](O)[C@@H](OC)C(=O)[C@H](C)C[C@H](C)/C=C/C=CC=C1C. The number of rotatable bonds is 16. The van der Waals surface area contributed by atoms with Gasteiger partial charge in [0, 0.05) is 58.0 Å². The number of cyclic esters (lactones) is 1. The Morgan fingerprint density at radius 2 is 1.55 bits per heavy atom. The zero-order chi connectivity index (χ0) is 55.2. The maximum Gasteiger partial charge on any atom is 0.329 e. The van der Waals surface area contributed by atoms with E-state index in [0.29, 0.717) is 83.4 Å². The molecule has 0 aromatic carbocycles. The smallest absolute Gasteiger partial charge is 0.329 e. The molecule has 0 spiro atoms. The third-order valence-corrected chi connectivity index (χ3v) is 15.7. The zero-order valence-electron chi connectivity index (χ0n) is 46.8. The summed E-state index contributed by atoms with van der Waals surface area (Å²) in [6.45, 7) is 16.8. The van der Waals surface area contributed by atoms with Gasteiger partial charge in [0.15, 0.2) is 5.78 Å². The Bertz CT molecular complexity index is 1930. The molecule has 1 amide bonds. The standard InChI is InChI=1S/C58H93NO16/c1-11-70-27-28-71-29-30-73-49-35-45-22-20-43(8)58(67,75-45)55(64)56(65)59-24-16-15-19-46(59)57(66)74-50(40(5)33-44-21-23-48(72-26-25-60)51(34-44)68-9)36-47(61)39(4)32-42(7)53(63)54(69-10)52(62)41(6)31-37(2)17-13-12-14-18-38(49)3/h12-14,17-18,32,37,39-41,43-46,48-51,53-54,60,63,67H,11,15-16,19-31,33-36H2,1-10H3/b14-12?,17-13+,38-18?,42-32+/t37-,39-,40-,41-,43-,44+,45+,46+,48-,49+,50+,51-,53-,54+,58-/m1/s1. The molecule has 0 aromatic heterocycles. The number of amides is 1. The van der Waals surface area contributed by atoms with E-state index in [-0.39, 0.29) is 87.2 Å². The van der Waals surface area contributed by atoms with Gasteiger partial charge in [0.25, 0.3) is 11.7 Å². The number of hydrogen-bond donors (Lipinski definition) is 3. The van der Waals surface area contributed by atoms with E-state index in [1.165, 1.54) is 12.0 Å². The van der Waals surface area contributed by atoms with Crippen LogP contribution in [0.4, 0.5) is 0 Å². The first kappa shape index (κ1) is 64.0. The van der Waals surface area contributed by atoms with Crippen molar-refractivity contribution < 1.29 is 77.2 Å². The van der Waals surface area contributed by atoms with Crippen LogP contribution in [0.15, 0.2) is 47.6 Å². The number of carbonyl (C=O) groups excluding carboxylic acids is 5. The summed E-state index contributed by atoms with van der Waals surface area (Å²) in [7, 11) is 3.01. The van der Waals surface area contributed by atoms with Crippen molar-refractivity contribution in [1.82, 2.24) is 4.90 Å². The lowest BCUT2D eigenvalue weighted by Crippen LogP contribution is -2.61. The van der Waals surface area contributed by atoms with Crippen molar-refractivity contribution in [3.8, 4) is 0 Å². The topological polar surface area (TPSA) is 223 Å². The number of esters is 1. The molecule has 3 heterocycles. The van der Waals surface area contributed by atoms with E-state index >= 15 is 0 Å². The van der Waals surface area contributed by atoms with Crippen LogP contribution >= 0.6 is 0 Å². The Kier molecular flexibility index (Phi) is 27.7. The molecule has 0 radical (unpaired) electrons. The third-order valence-electron chi connectivity index (χ3n) is 15.7. The number of carbonyl (C=O) groups is 5. The van der Waals surface area contributed by atoms with Crippen LogP contribution in [0.1, 0.15) is 132 Å². The van der Waals surface area contributed by atoms with E-state index in [2.05, 4.69) is 0 Å². The van der Waals surface area contributed by atoms with E-state index in [4.69, 9.17) is 37.9 Å². The summed E-state index contributed by atoms with van der Waals surface area (Å²) in [6, 6.07) is -1.17. The summed E-state index contributed by atoms with van der Waals surface area (Å²) in [5.41, 5.74) is 1.23. The van der Waals surface area contributed by atoms with Crippen LogP contribution in [-0.2, 0) is 61.9 Å². The Morgan fingerprint density at radius 1 is 0.813 bits per heavy atom. The number of methoxy groups -OCH3 is 2. The lowest BCUT2D eigenvalue weighted by Gasteiger charge is -2.43. The molecular weight excluding hydrogens is 967 g/mol. The minimum atomic E-state index is -2.48. The molecule has 75 heavy (non-hydrogen) atoms. The fourth-order valence-electron chi connectivity index (χ4n) is 11.0. The van der Waals surface area contributed by atoms with Crippen molar-refractivity contribution in [2.75, 3.05) is 67.0 Å². The third kappa shape index (κ3) is 19.1. The minimum absolute atomic E-state index is 0.0100. The van der Waals surface area contributed by atoms with Crippen molar-refractivity contribution in [2.24, 2.45) is 35.5 Å². The number of Topliss-reactive ketones (excluding diaryl/α,β-unsaturated/α-hetero) is 3. The van der Waals surface area contributed by atoms with Gasteiger partial charge in [-0.15, -0.1) is 0 Å². The Hall–Kier alpha value is -3.49. The van der Waals surface area contributed by atoms with Crippen LogP contribution in [0, 0.1) is 35.5 Å². The highest BCUT2D eigenvalue weighted by Crippen LogP contribution is 2.38. The van der Waals surface area contributed by atoms with E-state index in [9.17, 15) is 39.3 Å². The maximum atomic E-state index is 14.6. The Labute approximate surface area is 447 Å². The van der Waals surface area contributed by atoms with E-state index in [1.807, 2.05) is 65.0 Å². The van der Waals surface area contributed by atoms with E-state index in [1.54, 1.807) is 34.0 Å². The van der Waals surface area contributed by atoms with Gasteiger partial charge in [0.2, 0.25) is 5.79 Å². The molecule has 15 atom stereocenters. The Morgan fingerprint density at radius 3 is 2.25 bits per heavy atom. The predicted molar refractivity (Wildman–Crippen MR) is 282 cm³/mol. The first-order valence-electron chi connectivity index (χ1n) is 27.7. The van der Waals surface area contributed by atoms with Crippen molar-refractivity contribution in [3.63, 3.8) is 0 Å². The van der Waals surface area contributed by atoms with Crippen LogP contribution in [0.5, 0.6) is 0 Å². The normalized spacial score (nSPS) is 35.5. The molecule has 1 saturated carbocycles. The second-order valence-corrected chi connectivity index (χ2v) is 21.6. The lowest BCUT2D eigenvalue weighted by atomic mass is 9.78. The molecule has 1 aliphatic carbocycles. The molecule has 2 bridgehead atoms. The number of allylic oxidation sites excluding steroid dienone is 6. The van der Waals surface area contributed by atoms with Gasteiger partial charge in [-0.2, -0.15) is 0 Å². The number of aliphatic hydroxyl groups excluding tert-OH is 2.